The van der Waals surface area contributed by atoms with Crippen LogP contribution in [-0.2, 0) is 6.42 Å². The monoisotopic (exact) mass is 434 g/mol. The van der Waals surface area contributed by atoms with Crippen LogP contribution in [0.15, 0.2) is 30.5 Å². The molecule has 2 heteroatoms. The van der Waals surface area contributed by atoms with Crippen molar-refractivity contribution in [3.8, 4) is 11.1 Å². The third-order valence-corrected chi connectivity index (χ3v) is 7.49. The van der Waals surface area contributed by atoms with Gasteiger partial charge in [-0.3, -0.25) is 0 Å². The maximum atomic E-state index is 4.95. The molecule has 1 aliphatic carbocycles. The topological polar surface area (TPSA) is 25.8 Å². The van der Waals surface area contributed by atoms with Crippen LogP contribution in [0.25, 0.3) is 11.1 Å². The maximum Gasteiger partial charge on any atom is 0.131 e. The molecule has 0 atom stereocenters. The Labute approximate surface area is 197 Å². The van der Waals surface area contributed by atoms with E-state index in [1.165, 1.54) is 113 Å². The zero-order valence-electron chi connectivity index (χ0n) is 21.0. The van der Waals surface area contributed by atoms with Gasteiger partial charge in [-0.15, -0.1) is 0 Å². The van der Waals surface area contributed by atoms with Crippen LogP contribution in [0.2, 0.25) is 0 Å². The van der Waals surface area contributed by atoms with E-state index in [0.29, 0.717) is 5.92 Å². The standard InChI is InChI=1S/C30H46N2/c1-4-6-7-8-9-10-11-12-14-26-15-19-27(20-16-26)29-23-31-30(32-24(29)3)28-21-17-25(13-5-2)18-22-28/h15-16,19-20,23,25,28H,4-14,17-18,21-22H2,1-3H3. The number of unbranched alkanes of at least 4 members (excludes halogenated alkanes) is 7. The minimum absolute atomic E-state index is 0.560. The highest BCUT2D eigenvalue weighted by Crippen LogP contribution is 2.36. The molecule has 0 bridgehead atoms. The Morgan fingerprint density at radius 2 is 1.44 bits per heavy atom. The summed E-state index contributed by atoms with van der Waals surface area (Å²) in [5.41, 5.74) is 5.02. The van der Waals surface area contributed by atoms with Crippen molar-refractivity contribution in [3.63, 3.8) is 0 Å². The van der Waals surface area contributed by atoms with E-state index in [2.05, 4.69) is 51.2 Å². The maximum absolute atomic E-state index is 4.95. The Morgan fingerprint density at radius 3 is 2.06 bits per heavy atom. The average Bonchev–Trinajstić information content (AvgIpc) is 2.82. The number of rotatable bonds is 13. The molecule has 1 saturated carbocycles. The van der Waals surface area contributed by atoms with E-state index in [9.17, 15) is 0 Å². The number of benzene rings is 1. The van der Waals surface area contributed by atoms with E-state index in [1.807, 2.05) is 0 Å². The molecule has 1 aliphatic rings. The van der Waals surface area contributed by atoms with Gasteiger partial charge in [0.25, 0.3) is 0 Å². The fourth-order valence-electron chi connectivity index (χ4n) is 5.40. The number of hydrogen-bond acceptors (Lipinski definition) is 2. The van der Waals surface area contributed by atoms with E-state index < -0.39 is 0 Å². The second-order valence-electron chi connectivity index (χ2n) is 10.2. The van der Waals surface area contributed by atoms with Gasteiger partial charge in [0, 0.05) is 23.4 Å². The Balaban J connectivity index is 1.46. The van der Waals surface area contributed by atoms with Gasteiger partial charge in [-0.2, -0.15) is 0 Å². The van der Waals surface area contributed by atoms with Crippen LogP contribution >= 0.6 is 0 Å². The smallest absolute Gasteiger partial charge is 0.131 e. The number of aryl methyl sites for hydroxylation is 2. The van der Waals surface area contributed by atoms with E-state index in [-0.39, 0.29) is 0 Å². The van der Waals surface area contributed by atoms with Gasteiger partial charge < -0.3 is 0 Å². The first-order valence-corrected chi connectivity index (χ1v) is 13.6. The number of nitrogens with zero attached hydrogens (tertiary/aromatic N) is 2. The van der Waals surface area contributed by atoms with Gasteiger partial charge >= 0.3 is 0 Å². The predicted molar refractivity (Wildman–Crippen MR) is 138 cm³/mol. The molecule has 1 heterocycles. The van der Waals surface area contributed by atoms with Crippen molar-refractivity contribution >= 4 is 0 Å². The van der Waals surface area contributed by atoms with Crippen LogP contribution in [0.1, 0.15) is 127 Å². The van der Waals surface area contributed by atoms with Crippen LogP contribution in [0.4, 0.5) is 0 Å². The molecule has 32 heavy (non-hydrogen) atoms. The molecule has 0 unspecified atom stereocenters. The van der Waals surface area contributed by atoms with Crippen molar-refractivity contribution in [2.45, 2.75) is 123 Å². The molecule has 0 saturated heterocycles. The van der Waals surface area contributed by atoms with Crippen LogP contribution in [0.3, 0.4) is 0 Å². The van der Waals surface area contributed by atoms with Crippen LogP contribution < -0.4 is 0 Å². The highest BCUT2D eigenvalue weighted by Gasteiger charge is 2.24. The molecule has 2 nitrogen and oxygen atoms in total. The van der Waals surface area contributed by atoms with E-state index in [4.69, 9.17) is 9.97 Å². The van der Waals surface area contributed by atoms with Gasteiger partial charge in [0.1, 0.15) is 5.82 Å². The molecule has 0 spiro atoms. The summed E-state index contributed by atoms with van der Waals surface area (Å²) >= 11 is 0. The lowest BCUT2D eigenvalue weighted by atomic mass is 9.79. The third kappa shape index (κ3) is 7.71. The molecular formula is C30H46N2. The van der Waals surface area contributed by atoms with Crippen molar-refractivity contribution in [1.82, 2.24) is 9.97 Å². The second-order valence-corrected chi connectivity index (χ2v) is 10.2. The van der Waals surface area contributed by atoms with Gasteiger partial charge in [-0.1, -0.05) is 95.9 Å². The SMILES string of the molecule is CCCCCCCCCCc1ccc(-c2cnc(C3CCC(CCC)CC3)nc2C)cc1. The van der Waals surface area contributed by atoms with Gasteiger partial charge in [0.05, 0.1) is 0 Å². The van der Waals surface area contributed by atoms with Gasteiger partial charge in [0.2, 0.25) is 0 Å². The fraction of sp³-hybridized carbons (Fsp3) is 0.667. The lowest BCUT2D eigenvalue weighted by Gasteiger charge is -2.27. The Morgan fingerprint density at radius 1 is 0.781 bits per heavy atom. The summed E-state index contributed by atoms with van der Waals surface area (Å²) in [6.07, 6.45) is 22.3. The first-order valence-electron chi connectivity index (χ1n) is 13.6. The Hall–Kier alpha value is -1.70. The zero-order valence-corrected chi connectivity index (χ0v) is 21.0. The molecule has 3 rings (SSSR count). The van der Waals surface area contributed by atoms with E-state index >= 15 is 0 Å². The lowest BCUT2D eigenvalue weighted by molar-refractivity contribution is 0.302. The van der Waals surface area contributed by atoms with Crippen molar-refractivity contribution in [2.24, 2.45) is 5.92 Å². The number of aromatic nitrogens is 2. The summed E-state index contributed by atoms with van der Waals surface area (Å²) in [4.78, 5) is 9.77. The summed E-state index contributed by atoms with van der Waals surface area (Å²) in [6.45, 7) is 6.74. The van der Waals surface area contributed by atoms with Gasteiger partial charge in [0.15, 0.2) is 0 Å². The first-order chi connectivity index (χ1) is 15.7. The molecule has 2 aromatic rings. The summed E-state index contributed by atoms with van der Waals surface area (Å²) in [5, 5.41) is 0. The molecule has 1 aromatic heterocycles. The molecular weight excluding hydrogens is 388 g/mol. The Bertz CT molecular complexity index is 772. The zero-order chi connectivity index (χ0) is 22.6. The van der Waals surface area contributed by atoms with Gasteiger partial charge in [-0.25, -0.2) is 9.97 Å². The van der Waals surface area contributed by atoms with E-state index in [0.717, 1.165) is 17.4 Å². The van der Waals surface area contributed by atoms with Crippen molar-refractivity contribution in [1.29, 1.82) is 0 Å². The van der Waals surface area contributed by atoms with Crippen LogP contribution in [-0.4, -0.2) is 9.97 Å². The fourth-order valence-corrected chi connectivity index (χ4v) is 5.40. The molecule has 176 valence electrons. The lowest BCUT2D eigenvalue weighted by Crippen LogP contribution is -2.15. The third-order valence-electron chi connectivity index (χ3n) is 7.49. The molecule has 0 aliphatic heterocycles. The Kier molecular flexibility index (Phi) is 10.7. The van der Waals surface area contributed by atoms with Crippen LogP contribution in [0.5, 0.6) is 0 Å². The summed E-state index contributed by atoms with van der Waals surface area (Å²) < 4.78 is 0. The highest BCUT2D eigenvalue weighted by atomic mass is 14.9. The molecule has 0 radical (unpaired) electrons. The second kappa shape index (κ2) is 13.8. The summed E-state index contributed by atoms with van der Waals surface area (Å²) in [6, 6.07) is 9.14. The van der Waals surface area contributed by atoms with E-state index in [1.54, 1.807) is 0 Å². The minimum Gasteiger partial charge on any atom is -0.240 e. The van der Waals surface area contributed by atoms with Crippen molar-refractivity contribution in [3.05, 3.63) is 47.5 Å². The molecule has 0 amide bonds. The largest absolute Gasteiger partial charge is 0.240 e. The van der Waals surface area contributed by atoms with Crippen molar-refractivity contribution < 1.29 is 0 Å². The quantitative estimate of drug-likeness (QED) is 0.294. The molecule has 1 aromatic carbocycles. The summed E-state index contributed by atoms with van der Waals surface area (Å²) in [5.74, 6) is 2.57. The first kappa shape index (κ1) is 24.9. The van der Waals surface area contributed by atoms with Crippen molar-refractivity contribution in [2.75, 3.05) is 0 Å². The highest BCUT2D eigenvalue weighted by molar-refractivity contribution is 5.65. The minimum atomic E-state index is 0.560. The molecule has 0 N–H and O–H groups in total. The average molecular weight is 435 g/mol. The predicted octanol–water partition coefficient (Wildman–Crippen LogP) is 9.21. The normalized spacial score (nSPS) is 18.7. The van der Waals surface area contributed by atoms with Gasteiger partial charge in [-0.05, 0) is 62.5 Å². The summed E-state index contributed by atoms with van der Waals surface area (Å²) in [7, 11) is 0. The number of hydrogen-bond donors (Lipinski definition) is 0. The van der Waals surface area contributed by atoms with Crippen LogP contribution in [0, 0.1) is 12.8 Å². The molecule has 1 fully saturated rings.